The molecule has 7 heteroatoms. The van der Waals surface area contributed by atoms with Gasteiger partial charge in [0.2, 0.25) is 10.0 Å². The van der Waals surface area contributed by atoms with Crippen LogP contribution >= 0.6 is 0 Å². The molecule has 0 bridgehead atoms. The lowest BCUT2D eigenvalue weighted by molar-refractivity contribution is -0.134. The topological polar surface area (TPSA) is 75.7 Å². The quantitative estimate of drug-likeness (QED) is 0.806. The highest BCUT2D eigenvalue weighted by atomic mass is 32.2. The largest absolute Gasteiger partial charge is 0.484 e. The summed E-state index contributed by atoms with van der Waals surface area (Å²) >= 11 is 0. The van der Waals surface area contributed by atoms with E-state index in [1.54, 1.807) is 35.2 Å². The summed E-state index contributed by atoms with van der Waals surface area (Å²) in [5.41, 5.74) is 2.30. The summed E-state index contributed by atoms with van der Waals surface area (Å²) in [6.45, 7) is 5.04. The van der Waals surface area contributed by atoms with Crippen LogP contribution in [0.25, 0.3) is 0 Å². The van der Waals surface area contributed by atoms with Gasteiger partial charge in [-0.25, -0.2) is 13.1 Å². The number of sulfonamides is 1. The van der Waals surface area contributed by atoms with Crippen LogP contribution in [0.1, 0.15) is 24.0 Å². The molecule has 0 aromatic heterocycles. The Hall–Kier alpha value is -2.38. The molecule has 0 aliphatic carbocycles. The van der Waals surface area contributed by atoms with E-state index < -0.39 is 10.0 Å². The average Bonchev–Trinajstić information content (AvgIpc) is 2.69. The fourth-order valence-electron chi connectivity index (χ4n) is 3.17. The molecule has 0 unspecified atom stereocenters. The molecule has 1 amide bonds. The van der Waals surface area contributed by atoms with E-state index in [0.717, 1.165) is 5.56 Å². The zero-order chi connectivity index (χ0) is 20.1. The van der Waals surface area contributed by atoms with Crippen molar-refractivity contribution in [3.8, 4) is 5.75 Å². The number of rotatable bonds is 6. The molecule has 1 fully saturated rings. The van der Waals surface area contributed by atoms with Crippen molar-refractivity contribution in [1.29, 1.82) is 0 Å². The molecule has 2 aromatic carbocycles. The Morgan fingerprint density at radius 3 is 2.39 bits per heavy atom. The normalized spacial score (nSPS) is 15.4. The first-order valence-corrected chi connectivity index (χ1v) is 10.9. The molecule has 28 heavy (non-hydrogen) atoms. The van der Waals surface area contributed by atoms with Crippen molar-refractivity contribution in [3.05, 3.63) is 59.7 Å². The monoisotopic (exact) mass is 402 g/mol. The number of aryl methyl sites for hydroxylation is 2. The van der Waals surface area contributed by atoms with Crippen LogP contribution < -0.4 is 9.46 Å². The molecule has 0 atom stereocenters. The Morgan fingerprint density at radius 1 is 1.07 bits per heavy atom. The zero-order valence-electron chi connectivity index (χ0n) is 16.2. The number of likely N-dealkylation sites (tertiary alicyclic amines) is 1. The van der Waals surface area contributed by atoms with E-state index in [2.05, 4.69) is 4.72 Å². The lowest BCUT2D eigenvalue weighted by atomic mass is 10.1. The van der Waals surface area contributed by atoms with Crippen molar-refractivity contribution < 1.29 is 17.9 Å². The summed E-state index contributed by atoms with van der Waals surface area (Å²) < 4.78 is 33.2. The highest BCUT2D eigenvalue weighted by molar-refractivity contribution is 7.89. The van der Waals surface area contributed by atoms with Gasteiger partial charge in [0.25, 0.3) is 5.91 Å². The van der Waals surface area contributed by atoms with Gasteiger partial charge in [-0.2, -0.15) is 0 Å². The van der Waals surface area contributed by atoms with Crippen LogP contribution in [-0.4, -0.2) is 45.0 Å². The van der Waals surface area contributed by atoms with Gasteiger partial charge in [-0.05, 0) is 62.1 Å². The van der Waals surface area contributed by atoms with Crippen molar-refractivity contribution in [3.63, 3.8) is 0 Å². The third-order valence-corrected chi connectivity index (χ3v) is 6.60. The summed E-state index contributed by atoms with van der Waals surface area (Å²) in [4.78, 5) is 14.4. The molecule has 6 nitrogen and oxygen atoms in total. The first kappa shape index (κ1) is 20.4. The minimum absolute atomic E-state index is 0.0110. The molecule has 1 heterocycles. The number of ether oxygens (including phenoxy) is 1. The fraction of sp³-hybridized carbons (Fsp3) is 0.381. The van der Waals surface area contributed by atoms with E-state index in [9.17, 15) is 13.2 Å². The number of nitrogens with one attached hydrogen (secondary N) is 1. The van der Waals surface area contributed by atoms with E-state index in [1.165, 1.54) is 5.56 Å². The molecule has 3 rings (SSSR count). The number of hydrogen-bond donors (Lipinski definition) is 1. The van der Waals surface area contributed by atoms with Crippen LogP contribution in [0.5, 0.6) is 5.75 Å². The van der Waals surface area contributed by atoms with Gasteiger partial charge in [-0.1, -0.05) is 24.3 Å². The molecule has 1 saturated heterocycles. The van der Waals surface area contributed by atoms with E-state index in [-0.39, 0.29) is 23.5 Å². The molecule has 1 aliphatic heterocycles. The Morgan fingerprint density at radius 2 is 1.75 bits per heavy atom. The molecule has 0 spiro atoms. The Labute approximate surface area is 166 Å². The van der Waals surface area contributed by atoms with Crippen molar-refractivity contribution in [2.75, 3.05) is 19.7 Å². The summed E-state index contributed by atoms with van der Waals surface area (Å²) in [5, 5.41) is 0. The van der Waals surface area contributed by atoms with Crippen molar-refractivity contribution in [1.82, 2.24) is 9.62 Å². The maximum atomic E-state index is 12.4. The second-order valence-electron chi connectivity index (χ2n) is 7.12. The van der Waals surface area contributed by atoms with Crippen LogP contribution in [0.4, 0.5) is 0 Å². The molecule has 2 aromatic rings. The van der Waals surface area contributed by atoms with Crippen molar-refractivity contribution in [2.45, 2.75) is 37.6 Å². The van der Waals surface area contributed by atoms with Crippen molar-refractivity contribution in [2.24, 2.45) is 0 Å². The molecular weight excluding hydrogens is 376 g/mol. The first-order chi connectivity index (χ1) is 13.3. The number of carbonyl (C=O) groups is 1. The van der Waals surface area contributed by atoms with Gasteiger partial charge in [0.15, 0.2) is 6.61 Å². The summed E-state index contributed by atoms with van der Waals surface area (Å²) in [6, 6.07) is 13.9. The van der Waals surface area contributed by atoms with Crippen molar-refractivity contribution >= 4 is 15.9 Å². The maximum Gasteiger partial charge on any atom is 0.260 e. The number of carbonyl (C=O) groups excluding carboxylic acids is 1. The van der Waals surface area contributed by atoms with Gasteiger partial charge in [0.1, 0.15) is 5.75 Å². The molecule has 0 radical (unpaired) electrons. The Balaban J connectivity index is 1.48. The predicted octanol–water partition coefficient (Wildman–Crippen LogP) is 2.65. The highest BCUT2D eigenvalue weighted by Gasteiger charge is 2.26. The van der Waals surface area contributed by atoms with Gasteiger partial charge in [-0.15, -0.1) is 0 Å². The summed E-state index contributed by atoms with van der Waals surface area (Å²) in [5.74, 6) is 0.601. The minimum atomic E-state index is -3.53. The van der Waals surface area contributed by atoms with E-state index >= 15 is 0 Å². The number of amides is 1. The maximum absolute atomic E-state index is 12.4. The highest BCUT2D eigenvalue weighted by Crippen LogP contribution is 2.18. The van der Waals surface area contributed by atoms with Crippen LogP contribution in [0, 0.1) is 13.8 Å². The fourth-order valence-corrected chi connectivity index (χ4v) is 4.50. The molecule has 150 valence electrons. The Bertz CT molecular complexity index is 921. The number of hydrogen-bond acceptors (Lipinski definition) is 4. The second kappa shape index (κ2) is 8.75. The van der Waals surface area contributed by atoms with Crippen LogP contribution in [0.3, 0.4) is 0 Å². The zero-order valence-corrected chi connectivity index (χ0v) is 17.0. The smallest absolute Gasteiger partial charge is 0.260 e. The first-order valence-electron chi connectivity index (χ1n) is 9.40. The number of piperidine rings is 1. The Kier molecular flexibility index (Phi) is 6.36. The number of benzene rings is 2. The predicted molar refractivity (Wildman–Crippen MR) is 108 cm³/mol. The molecule has 0 saturated carbocycles. The van der Waals surface area contributed by atoms with E-state index in [1.807, 2.05) is 32.0 Å². The molecular formula is C21H26N2O4S. The van der Waals surface area contributed by atoms with Crippen LogP contribution in [-0.2, 0) is 14.8 Å². The van der Waals surface area contributed by atoms with Gasteiger partial charge in [0, 0.05) is 19.1 Å². The molecule has 1 N–H and O–H groups in total. The third kappa shape index (κ3) is 5.11. The van der Waals surface area contributed by atoms with Gasteiger partial charge in [0.05, 0.1) is 4.90 Å². The van der Waals surface area contributed by atoms with E-state index in [4.69, 9.17) is 4.74 Å². The number of nitrogens with zero attached hydrogens (tertiary/aromatic N) is 1. The van der Waals surface area contributed by atoms with Gasteiger partial charge >= 0.3 is 0 Å². The lowest BCUT2D eigenvalue weighted by Crippen LogP contribution is -2.47. The average molecular weight is 403 g/mol. The summed E-state index contributed by atoms with van der Waals surface area (Å²) in [6.07, 6.45) is 1.17. The SMILES string of the molecule is Cc1ccc(OCC(=O)N2CCC(NS(=O)(=O)c3ccccc3)CC2)cc1C. The minimum Gasteiger partial charge on any atom is -0.484 e. The lowest BCUT2D eigenvalue weighted by Gasteiger charge is -2.32. The van der Waals surface area contributed by atoms with E-state index in [0.29, 0.717) is 31.7 Å². The van der Waals surface area contributed by atoms with Crippen LogP contribution in [0.2, 0.25) is 0 Å². The molecule has 1 aliphatic rings. The van der Waals surface area contributed by atoms with Crippen LogP contribution in [0.15, 0.2) is 53.4 Å². The third-order valence-electron chi connectivity index (χ3n) is 5.06. The second-order valence-corrected chi connectivity index (χ2v) is 8.84. The summed E-state index contributed by atoms with van der Waals surface area (Å²) in [7, 11) is -3.53. The van der Waals surface area contributed by atoms with Gasteiger partial charge in [-0.3, -0.25) is 4.79 Å². The standard InChI is InChI=1S/C21H26N2O4S/c1-16-8-9-19(14-17(16)2)27-15-21(24)23-12-10-18(11-13-23)22-28(25,26)20-6-4-3-5-7-20/h3-9,14,18,22H,10-13,15H2,1-2H3. The van der Waals surface area contributed by atoms with Gasteiger partial charge < -0.3 is 9.64 Å².